The van der Waals surface area contributed by atoms with Gasteiger partial charge in [-0.15, -0.1) is 0 Å². The summed E-state index contributed by atoms with van der Waals surface area (Å²) in [6.45, 7) is 1.43. The molecule has 0 aliphatic rings. The molecule has 0 heterocycles. The summed E-state index contributed by atoms with van der Waals surface area (Å²) < 4.78 is 28.9. The van der Waals surface area contributed by atoms with Crippen LogP contribution in [0.2, 0.25) is 10.0 Å². The molecule has 0 spiro atoms. The molecule has 7 nitrogen and oxygen atoms in total. The van der Waals surface area contributed by atoms with Gasteiger partial charge in [-0.05, 0) is 48.4 Å². The van der Waals surface area contributed by atoms with Crippen LogP contribution in [-0.4, -0.2) is 44.8 Å². The van der Waals surface area contributed by atoms with Crippen LogP contribution < -0.4 is 9.62 Å². The topological polar surface area (TPSA) is 86.8 Å². The molecule has 10 heteroatoms. The maximum absolute atomic E-state index is 14.3. The van der Waals surface area contributed by atoms with E-state index in [0.717, 1.165) is 21.0 Å². The first kappa shape index (κ1) is 31.1. The lowest BCUT2D eigenvalue weighted by Crippen LogP contribution is -2.53. The summed E-state index contributed by atoms with van der Waals surface area (Å²) >= 11 is 12.5. The van der Waals surface area contributed by atoms with Crippen molar-refractivity contribution in [3.63, 3.8) is 0 Å². The van der Waals surface area contributed by atoms with Crippen LogP contribution >= 0.6 is 23.2 Å². The summed E-state index contributed by atoms with van der Waals surface area (Å²) in [4.78, 5) is 29.0. The normalized spacial score (nSPS) is 11.9. The number of benzene rings is 4. The number of carbonyl (C=O) groups is 2. The molecule has 0 aliphatic carbocycles. The predicted octanol–water partition coefficient (Wildman–Crippen LogP) is 5.88. The average molecular weight is 625 g/mol. The van der Waals surface area contributed by atoms with Crippen molar-refractivity contribution < 1.29 is 18.0 Å². The minimum absolute atomic E-state index is 0.00808. The number of anilines is 1. The maximum atomic E-state index is 14.3. The molecule has 0 fully saturated rings. The minimum atomic E-state index is -4.24. The van der Waals surface area contributed by atoms with E-state index in [1.54, 1.807) is 18.2 Å². The third kappa shape index (κ3) is 7.70. The van der Waals surface area contributed by atoms with E-state index >= 15 is 0 Å². The van der Waals surface area contributed by atoms with Crippen molar-refractivity contribution in [3.05, 3.63) is 130 Å². The maximum Gasteiger partial charge on any atom is 0.264 e. The van der Waals surface area contributed by atoms with Crippen molar-refractivity contribution >= 4 is 50.7 Å². The molecule has 1 N–H and O–H groups in total. The fraction of sp³-hybridized carbons (Fsp3) is 0.188. The summed E-state index contributed by atoms with van der Waals surface area (Å²) in [5.41, 5.74) is 2.76. The van der Waals surface area contributed by atoms with Gasteiger partial charge in [0.2, 0.25) is 11.8 Å². The zero-order valence-electron chi connectivity index (χ0n) is 23.2. The Hall–Kier alpha value is -3.85. The largest absolute Gasteiger partial charge is 0.357 e. The second-order valence-corrected chi connectivity index (χ2v) is 12.5. The third-order valence-corrected chi connectivity index (χ3v) is 8.92. The molecule has 0 saturated heterocycles. The van der Waals surface area contributed by atoms with Gasteiger partial charge in [0.05, 0.1) is 10.6 Å². The van der Waals surface area contributed by atoms with Crippen molar-refractivity contribution in [3.8, 4) is 0 Å². The Morgan fingerprint density at radius 3 is 2.00 bits per heavy atom. The number of hydrogen-bond acceptors (Lipinski definition) is 4. The van der Waals surface area contributed by atoms with Crippen LogP contribution in [0.25, 0.3) is 0 Å². The quantitative estimate of drug-likeness (QED) is 0.226. The monoisotopic (exact) mass is 623 g/mol. The van der Waals surface area contributed by atoms with Crippen molar-refractivity contribution in [1.29, 1.82) is 0 Å². The first-order chi connectivity index (χ1) is 20.1. The SMILES string of the molecule is CNC(=O)C(Cc1ccccc1)N(Cc1cccc(C)c1)C(=O)CN(c1cc(Cl)cc(Cl)c1)S(=O)(=O)c1ccccc1. The summed E-state index contributed by atoms with van der Waals surface area (Å²) in [5.74, 6) is -0.945. The zero-order chi connectivity index (χ0) is 30.3. The van der Waals surface area contributed by atoms with Gasteiger partial charge in [-0.25, -0.2) is 8.42 Å². The van der Waals surface area contributed by atoms with Crippen molar-refractivity contribution in [2.75, 3.05) is 17.9 Å². The number of carbonyl (C=O) groups excluding carboxylic acids is 2. The molecule has 2 amide bonds. The fourth-order valence-electron chi connectivity index (χ4n) is 4.66. The first-order valence-corrected chi connectivity index (χ1v) is 15.4. The molecule has 1 atom stereocenters. The second-order valence-electron chi connectivity index (χ2n) is 9.78. The highest BCUT2D eigenvalue weighted by atomic mass is 35.5. The molecule has 42 heavy (non-hydrogen) atoms. The predicted molar refractivity (Wildman–Crippen MR) is 167 cm³/mol. The number of hydrogen-bond donors (Lipinski definition) is 1. The van der Waals surface area contributed by atoms with E-state index in [4.69, 9.17) is 23.2 Å². The zero-order valence-corrected chi connectivity index (χ0v) is 25.5. The Kier molecular flexibility index (Phi) is 10.3. The highest BCUT2D eigenvalue weighted by Crippen LogP contribution is 2.30. The van der Waals surface area contributed by atoms with E-state index in [1.807, 2.05) is 61.5 Å². The third-order valence-electron chi connectivity index (χ3n) is 6.70. The van der Waals surface area contributed by atoms with Gasteiger partial charge in [-0.3, -0.25) is 13.9 Å². The Bertz CT molecular complexity index is 1630. The number of nitrogens with one attached hydrogen (secondary N) is 1. The molecule has 0 bridgehead atoms. The Morgan fingerprint density at radius 1 is 0.810 bits per heavy atom. The molecule has 1 unspecified atom stereocenters. The fourth-order valence-corrected chi connectivity index (χ4v) is 6.59. The van der Waals surface area contributed by atoms with Crippen molar-refractivity contribution in [1.82, 2.24) is 10.2 Å². The molecule has 0 saturated carbocycles. The van der Waals surface area contributed by atoms with Gasteiger partial charge in [0.1, 0.15) is 12.6 Å². The van der Waals surface area contributed by atoms with Gasteiger partial charge >= 0.3 is 0 Å². The Morgan fingerprint density at radius 2 is 1.40 bits per heavy atom. The van der Waals surface area contributed by atoms with Crippen LogP contribution in [-0.2, 0) is 32.6 Å². The van der Waals surface area contributed by atoms with Gasteiger partial charge < -0.3 is 10.2 Å². The molecular formula is C32H31Cl2N3O4S. The van der Waals surface area contributed by atoms with Crippen molar-refractivity contribution in [2.45, 2.75) is 30.8 Å². The number of rotatable bonds is 11. The van der Waals surface area contributed by atoms with Gasteiger partial charge in [0.15, 0.2) is 0 Å². The van der Waals surface area contributed by atoms with Crippen LogP contribution in [0.5, 0.6) is 0 Å². The van der Waals surface area contributed by atoms with E-state index < -0.39 is 28.5 Å². The summed E-state index contributed by atoms with van der Waals surface area (Å²) in [5, 5.41) is 3.09. The van der Waals surface area contributed by atoms with E-state index in [0.29, 0.717) is 0 Å². The number of likely N-dealkylation sites (N-methyl/N-ethyl adjacent to an activating group) is 1. The molecule has 0 aromatic heterocycles. The van der Waals surface area contributed by atoms with Gasteiger partial charge in [0, 0.05) is 30.1 Å². The number of aryl methyl sites for hydroxylation is 1. The summed E-state index contributed by atoms with van der Waals surface area (Å²) in [7, 11) is -2.73. The van der Waals surface area contributed by atoms with Crippen molar-refractivity contribution in [2.24, 2.45) is 0 Å². The number of sulfonamides is 1. The molecular weight excluding hydrogens is 593 g/mol. The number of amides is 2. The molecule has 0 aliphatic heterocycles. The minimum Gasteiger partial charge on any atom is -0.357 e. The van der Waals surface area contributed by atoms with Gasteiger partial charge in [-0.2, -0.15) is 0 Å². The van der Waals surface area contributed by atoms with Crippen LogP contribution in [0.3, 0.4) is 0 Å². The Labute approximate surface area is 256 Å². The van der Waals surface area contributed by atoms with Crippen LogP contribution in [0, 0.1) is 6.92 Å². The highest BCUT2D eigenvalue weighted by Gasteiger charge is 2.34. The first-order valence-electron chi connectivity index (χ1n) is 13.2. The summed E-state index contributed by atoms with van der Waals surface area (Å²) in [6.07, 6.45) is 0.229. The second kappa shape index (κ2) is 13.9. The Balaban J connectivity index is 1.81. The van der Waals surface area contributed by atoms with Crippen LogP contribution in [0.1, 0.15) is 16.7 Å². The van der Waals surface area contributed by atoms with E-state index in [9.17, 15) is 18.0 Å². The van der Waals surface area contributed by atoms with E-state index in [1.165, 1.54) is 42.3 Å². The highest BCUT2D eigenvalue weighted by molar-refractivity contribution is 7.92. The number of nitrogens with zero attached hydrogens (tertiary/aromatic N) is 2. The summed E-state index contributed by atoms with van der Waals surface area (Å²) in [6, 6.07) is 28.2. The molecule has 4 rings (SSSR count). The molecule has 0 radical (unpaired) electrons. The smallest absolute Gasteiger partial charge is 0.264 e. The van der Waals surface area contributed by atoms with Crippen LogP contribution in [0.4, 0.5) is 5.69 Å². The van der Waals surface area contributed by atoms with Gasteiger partial charge in [0.25, 0.3) is 10.0 Å². The molecule has 4 aromatic rings. The lowest BCUT2D eigenvalue weighted by molar-refractivity contribution is -0.139. The van der Waals surface area contributed by atoms with Gasteiger partial charge in [-0.1, -0.05) is 102 Å². The van der Waals surface area contributed by atoms with E-state index in [2.05, 4.69) is 5.32 Å². The standard InChI is InChI=1S/C32H31Cl2N3O4S/c1-23-10-9-13-25(16-23)21-36(30(32(39)35-2)17-24-11-5-3-6-12-24)31(38)22-37(28-19-26(33)18-27(34)20-28)42(40,41)29-14-7-4-8-15-29/h3-16,18-20,30H,17,21-22H2,1-2H3,(H,35,39). The lowest BCUT2D eigenvalue weighted by Gasteiger charge is -2.33. The molecule has 218 valence electrons. The van der Waals surface area contributed by atoms with E-state index in [-0.39, 0.29) is 39.5 Å². The molecule has 4 aromatic carbocycles. The van der Waals surface area contributed by atoms with Crippen LogP contribution in [0.15, 0.2) is 108 Å². The number of halogens is 2. The average Bonchev–Trinajstić information content (AvgIpc) is 2.97. The lowest BCUT2D eigenvalue weighted by atomic mass is 10.0.